The van der Waals surface area contributed by atoms with Crippen LogP contribution in [0.4, 0.5) is 5.69 Å². The van der Waals surface area contributed by atoms with E-state index in [0.717, 1.165) is 12.2 Å². The fourth-order valence-corrected chi connectivity index (χ4v) is 2.82. The second-order valence-electron chi connectivity index (χ2n) is 6.75. The zero-order valence-corrected chi connectivity index (χ0v) is 17.3. The molecule has 1 N–H and O–H groups in total. The molecule has 0 aliphatic carbocycles. The average Bonchev–Trinajstić information content (AvgIpc) is 2.79. The van der Waals surface area contributed by atoms with E-state index in [9.17, 15) is 4.79 Å². The number of amides is 1. The smallest absolute Gasteiger partial charge is 0.265 e. The molecule has 0 fully saturated rings. The van der Waals surface area contributed by atoms with Gasteiger partial charge in [0.25, 0.3) is 5.91 Å². The predicted molar refractivity (Wildman–Crippen MR) is 118 cm³/mol. The Morgan fingerprint density at radius 2 is 1.50 bits per heavy atom. The molecule has 0 aliphatic rings. The molecule has 0 bridgehead atoms. The second kappa shape index (κ2) is 10.9. The highest BCUT2D eigenvalue weighted by atomic mass is 16.5. The number of ether oxygens (including phenoxy) is 3. The largest absolute Gasteiger partial charge is 0.490 e. The Hall–Kier alpha value is -3.47. The SMILES string of the molecule is CCc1ccc(OC(C)C(=O)Nc2ccccc2OCCOc2ccccc2)cc1. The molecule has 0 heterocycles. The second-order valence-corrected chi connectivity index (χ2v) is 6.75. The number of benzene rings is 3. The number of anilines is 1. The molecule has 156 valence electrons. The summed E-state index contributed by atoms with van der Waals surface area (Å²) < 4.78 is 17.2. The summed E-state index contributed by atoms with van der Waals surface area (Å²) in [5.41, 5.74) is 1.82. The first-order valence-electron chi connectivity index (χ1n) is 10.1. The van der Waals surface area contributed by atoms with Gasteiger partial charge in [0.05, 0.1) is 5.69 Å². The van der Waals surface area contributed by atoms with Crippen molar-refractivity contribution in [1.29, 1.82) is 0 Å². The highest BCUT2D eigenvalue weighted by Gasteiger charge is 2.16. The first-order chi connectivity index (χ1) is 14.7. The lowest BCUT2D eigenvalue weighted by Crippen LogP contribution is -2.30. The monoisotopic (exact) mass is 405 g/mol. The van der Waals surface area contributed by atoms with Crippen molar-refractivity contribution in [3.63, 3.8) is 0 Å². The molecule has 1 amide bonds. The topological polar surface area (TPSA) is 56.8 Å². The Balaban J connectivity index is 1.51. The molecule has 0 aromatic heterocycles. The lowest BCUT2D eigenvalue weighted by Gasteiger charge is -2.17. The third kappa shape index (κ3) is 6.27. The van der Waals surface area contributed by atoms with E-state index in [1.165, 1.54) is 5.56 Å². The number of aryl methyl sites for hydroxylation is 1. The summed E-state index contributed by atoms with van der Waals surface area (Å²) in [4.78, 5) is 12.6. The summed E-state index contributed by atoms with van der Waals surface area (Å²) in [5.74, 6) is 1.80. The van der Waals surface area contributed by atoms with E-state index in [2.05, 4.69) is 12.2 Å². The van der Waals surface area contributed by atoms with Crippen molar-refractivity contribution in [3.8, 4) is 17.2 Å². The molecule has 5 nitrogen and oxygen atoms in total. The van der Waals surface area contributed by atoms with Gasteiger partial charge in [0.1, 0.15) is 30.5 Å². The fraction of sp³-hybridized carbons (Fsp3) is 0.240. The molecular weight excluding hydrogens is 378 g/mol. The highest BCUT2D eigenvalue weighted by molar-refractivity contribution is 5.95. The van der Waals surface area contributed by atoms with Crippen LogP contribution in [0.5, 0.6) is 17.2 Å². The number of hydrogen-bond acceptors (Lipinski definition) is 4. The molecule has 1 unspecified atom stereocenters. The molecule has 30 heavy (non-hydrogen) atoms. The molecule has 0 aliphatic heterocycles. The van der Waals surface area contributed by atoms with Gasteiger partial charge >= 0.3 is 0 Å². The minimum atomic E-state index is -0.646. The van der Waals surface area contributed by atoms with Crippen molar-refractivity contribution < 1.29 is 19.0 Å². The summed E-state index contributed by atoms with van der Waals surface area (Å²) in [6.07, 6.45) is 0.315. The number of carbonyl (C=O) groups excluding carboxylic acids is 1. The van der Waals surface area contributed by atoms with Gasteiger partial charge < -0.3 is 19.5 Å². The van der Waals surface area contributed by atoms with Crippen molar-refractivity contribution in [2.45, 2.75) is 26.4 Å². The van der Waals surface area contributed by atoms with Crippen LogP contribution in [-0.2, 0) is 11.2 Å². The zero-order valence-electron chi connectivity index (χ0n) is 17.3. The number of nitrogens with one attached hydrogen (secondary N) is 1. The maximum atomic E-state index is 12.6. The summed E-state index contributed by atoms with van der Waals surface area (Å²) >= 11 is 0. The molecule has 0 saturated heterocycles. The maximum absolute atomic E-state index is 12.6. The molecule has 3 aromatic rings. The molecular formula is C25H27NO4. The minimum Gasteiger partial charge on any atom is -0.490 e. The predicted octanol–water partition coefficient (Wildman–Crippen LogP) is 5.11. The van der Waals surface area contributed by atoms with Gasteiger partial charge in [-0.05, 0) is 55.3 Å². The minimum absolute atomic E-state index is 0.244. The van der Waals surface area contributed by atoms with Crippen molar-refractivity contribution in [3.05, 3.63) is 84.4 Å². The van der Waals surface area contributed by atoms with E-state index in [-0.39, 0.29) is 5.91 Å². The van der Waals surface area contributed by atoms with Crippen LogP contribution in [0.25, 0.3) is 0 Å². The lowest BCUT2D eigenvalue weighted by atomic mass is 10.2. The molecule has 3 rings (SSSR count). The Labute approximate surface area is 177 Å². The van der Waals surface area contributed by atoms with E-state index >= 15 is 0 Å². The Morgan fingerprint density at radius 3 is 2.23 bits per heavy atom. The maximum Gasteiger partial charge on any atom is 0.265 e. The Morgan fingerprint density at radius 1 is 0.833 bits per heavy atom. The number of rotatable bonds is 10. The molecule has 0 spiro atoms. The molecule has 0 saturated carbocycles. The average molecular weight is 405 g/mol. The van der Waals surface area contributed by atoms with E-state index in [1.54, 1.807) is 13.0 Å². The Bertz CT molecular complexity index is 925. The van der Waals surface area contributed by atoms with E-state index in [1.807, 2.05) is 72.8 Å². The first-order valence-corrected chi connectivity index (χ1v) is 10.1. The van der Waals surface area contributed by atoms with Gasteiger partial charge in [-0.15, -0.1) is 0 Å². The van der Waals surface area contributed by atoms with Gasteiger partial charge in [-0.2, -0.15) is 0 Å². The van der Waals surface area contributed by atoms with Crippen LogP contribution < -0.4 is 19.5 Å². The number of para-hydroxylation sites is 3. The van der Waals surface area contributed by atoms with Crippen LogP contribution in [0.1, 0.15) is 19.4 Å². The fourth-order valence-electron chi connectivity index (χ4n) is 2.82. The molecule has 0 radical (unpaired) electrons. The standard InChI is InChI=1S/C25H27NO4/c1-3-20-13-15-22(16-14-20)30-19(2)25(27)26-23-11-7-8-12-24(23)29-18-17-28-21-9-5-4-6-10-21/h4-16,19H,3,17-18H2,1-2H3,(H,26,27). The number of hydrogen-bond donors (Lipinski definition) is 1. The van der Waals surface area contributed by atoms with Crippen LogP contribution in [0, 0.1) is 0 Å². The van der Waals surface area contributed by atoms with Crippen molar-refractivity contribution in [2.75, 3.05) is 18.5 Å². The molecule has 3 aromatic carbocycles. The summed E-state index contributed by atoms with van der Waals surface area (Å²) in [7, 11) is 0. The van der Waals surface area contributed by atoms with E-state index in [4.69, 9.17) is 14.2 Å². The van der Waals surface area contributed by atoms with Crippen molar-refractivity contribution in [2.24, 2.45) is 0 Å². The Kier molecular flexibility index (Phi) is 7.72. The molecule has 5 heteroatoms. The van der Waals surface area contributed by atoms with Crippen LogP contribution in [0.2, 0.25) is 0 Å². The van der Waals surface area contributed by atoms with E-state index in [0.29, 0.717) is 30.4 Å². The third-order valence-corrected chi connectivity index (χ3v) is 4.51. The summed E-state index contributed by atoms with van der Waals surface area (Å²) in [6, 6.07) is 24.6. The van der Waals surface area contributed by atoms with Crippen LogP contribution in [0.15, 0.2) is 78.9 Å². The van der Waals surface area contributed by atoms with Gasteiger partial charge in [-0.25, -0.2) is 0 Å². The summed E-state index contributed by atoms with van der Waals surface area (Å²) in [6.45, 7) is 4.58. The molecule has 1 atom stereocenters. The quantitative estimate of drug-likeness (QED) is 0.476. The van der Waals surface area contributed by atoms with Crippen LogP contribution in [-0.4, -0.2) is 25.2 Å². The zero-order chi connectivity index (χ0) is 21.2. The van der Waals surface area contributed by atoms with Crippen molar-refractivity contribution >= 4 is 11.6 Å². The van der Waals surface area contributed by atoms with Crippen molar-refractivity contribution in [1.82, 2.24) is 0 Å². The first kappa shape index (κ1) is 21.2. The normalized spacial score (nSPS) is 11.4. The van der Waals surface area contributed by atoms with Gasteiger partial charge in [0.15, 0.2) is 6.10 Å². The van der Waals surface area contributed by atoms with Crippen LogP contribution in [0.3, 0.4) is 0 Å². The van der Waals surface area contributed by atoms with E-state index < -0.39 is 6.10 Å². The number of carbonyl (C=O) groups is 1. The highest BCUT2D eigenvalue weighted by Crippen LogP contribution is 2.24. The third-order valence-electron chi connectivity index (χ3n) is 4.51. The lowest BCUT2D eigenvalue weighted by molar-refractivity contribution is -0.122. The summed E-state index contributed by atoms with van der Waals surface area (Å²) in [5, 5.41) is 2.88. The van der Waals surface area contributed by atoms with Gasteiger partial charge in [-0.3, -0.25) is 4.79 Å². The van der Waals surface area contributed by atoms with Crippen LogP contribution >= 0.6 is 0 Å². The van der Waals surface area contributed by atoms with Gasteiger partial charge in [0.2, 0.25) is 0 Å². The van der Waals surface area contributed by atoms with Gasteiger partial charge in [-0.1, -0.05) is 49.4 Å². The van der Waals surface area contributed by atoms with Gasteiger partial charge in [0, 0.05) is 0 Å².